The van der Waals surface area contributed by atoms with Gasteiger partial charge in [-0.1, -0.05) is 56.5 Å². The van der Waals surface area contributed by atoms with Crippen LogP contribution in [-0.2, 0) is 6.42 Å². The van der Waals surface area contributed by atoms with E-state index >= 15 is 0 Å². The van der Waals surface area contributed by atoms with Gasteiger partial charge in [-0.2, -0.15) is 0 Å². The van der Waals surface area contributed by atoms with Crippen molar-refractivity contribution in [3.8, 4) is 12.3 Å². The molecule has 1 aliphatic rings. The maximum atomic E-state index is 5.79. The van der Waals surface area contributed by atoms with Crippen LogP contribution in [0, 0.1) is 12.3 Å². The van der Waals surface area contributed by atoms with Crippen molar-refractivity contribution < 1.29 is 0 Å². The molecule has 3 atom stereocenters. The van der Waals surface area contributed by atoms with Crippen LogP contribution in [0.2, 0.25) is 0 Å². The topological polar surface area (TPSA) is 15.3 Å². The zero-order valence-electron chi connectivity index (χ0n) is 13.4. The molecule has 0 spiro atoms. The second-order valence-electron chi connectivity index (χ2n) is 6.02. The van der Waals surface area contributed by atoms with Gasteiger partial charge in [0.15, 0.2) is 0 Å². The summed E-state index contributed by atoms with van der Waals surface area (Å²) in [5.74, 6) is 3.02. The van der Waals surface area contributed by atoms with Crippen molar-refractivity contribution in [3.05, 3.63) is 35.9 Å². The quantitative estimate of drug-likeness (QED) is 0.808. The zero-order chi connectivity index (χ0) is 15.1. The molecule has 2 heteroatoms. The number of benzene rings is 1. The lowest BCUT2D eigenvalue weighted by Gasteiger charge is -2.43. The fourth-order valence-corrected chi connectivity index (χ4v) is 3.30. The van der Waals surface area contributed by atoms with E-state index in [0.29, 0.717) is 18.1 Å². The van der Waals surface area contributed by atoms with Crippen molar-refractivity contribution >= 4 is 0 Å². The molecule has 1 heterocycles. The van der Waals surface area contributed by atoms with Gasteiger partial charge in [-0.05, 0) is 24.8 Å². The molecule has 3 unspecified atom stereocenters. The predicted octanol–water partition coefficient (Wildman–Crippen LogP) is 3.08. The maximum Gasteiger partial charge on any atom is 0.0715 e. The maximum absolute atomic E-state index is 5.79. The fraction of sp³-hybridized carbons (Fsp3) is 0.579. The normalized spacial score (nSPS) is 24.4. The molecular formula is C19H28N2. The Morgan fingerprint density at radius 1 is 1.33 bits per heavy atom. The van der Waals surface area contributed by atoms with Crippen LogP contribution in [0.4, 0.5) is 0 Å². The van der Waals surface area contributed by atoms with Crippen molar-refractivity contribution in [3.63, 3.8) is 0 Å². The Bertz CT molecular complexity index is 448. The first-order valence-corrected chi connectivity index (χ1v) is 8.27. The predicted molar refractivity (Wildman–Crippen MR) is 90.3 cm³/mol. The fourth-order valence-electron chi connectivity index (χ4n) is 3.30. The monoisotopic (exact) mass is 284 g/mol. The zero-order valence-corrected chi connectivity index (χ0v) is 13.4. The number of rotatable bonds is 6. The number of hydrogen-bond donors (Lipinski definition) is 1. The summed E-state index contributed by atoms with van der Waals surface area (Å²) in [5, 5.41) is 3.71. The average Bonchev–Trinajstić information content (AvgIpc) is 2.53. The van der Waals surface area contributed by atoms with Crippen LogP contribution in [0.1, 0.15) is 38.7 Å². The standard InChI is InChI=1S/C19H28N2/c1-4-10-18(5-2)21-15-17(20-14-19(21)6-3)13-16-11-8-7-9-12-16/h2,7-9,11-12,17-20H,4,6,10,13-15H2,1,3H3. The second-order valence-corrected chi connectivity index (χ2v) is 6.02. The van der Waals surface area contributed by atoms with E-state index in [2.05, 4.69) is 60.3 Å². The largest absolute Gasteiger partial charge is 0.311 e. The molecule has 0 amide bonds. The van der Waals surface area contributed by atoms with Gasteiger partial charge in [0, 0.05) is 25.2 Å². The molecule has 1 N–H and O–H groups in total. The lowest BCUT2D eigenvalue weighted by atomic mass is 9.97. The molecule has 2 nitrogen and oxygen atoms in total. The molecule has 1 aromatic rings. The molecule has 0 saturated carbocycles. The SMILES string of the molecule is C#CC(CCC)N1CC(Cc2ccccc2)NCC1CC. The highest BCUT2D eigenvalue weighted by molar-refractivity contribution is 5.16. The van der Waals surface area contributed by atoms with Crippen LogP contribution in [0.3, 0.4) is 0 Å². The summed E-state index contributed by atoms with van der Waals surface area (Å²) in [7, 11) is 0. The van der Waals surface area contributed by atoms with Gasteiger partial charge in [-0.15, -0.1) is 6.42 Å². The minimum Gasteiger partial charge on any atom is -0.311 e. The molecule has 21 heavy (non-hydrogen) atoms. The molecule has 114 valence electrons. The number of nitrogens with zero attached hydrogens (tertiary/aromatic N) is 1. The Morgan fingerprint density at radius 3 is 2.71 bits per heavy atom. The molecule has 0 bridgehead atoms. The van der Waals surface area contributed by atoms with Gasteiger partial charge in [0.05, 0.1) is 6.04 Å². The van der Waals surface area contributed by atoms with Gasteiger partial charge in [-0.3, -0.25) is 4.90 Å². The van der Waals surface area contributed by atoms with Crippen molar-refractivity contribution in [1.82, 2.24) is 10.2 Å². The van der Waals surface area contributed by atoms with Crippen molar-refractivity contribution in [1.29, 1.82) is 0 Å². The first-order valence-electron chi connectivity index (χ1n) is 8.27. The van der Waals surface area contributed by atoms with Gasteiger partial charge in [0.1, 0.15) is 0 Å². The first-order chi connectivity index (χ1) is 10.3. The summed E-state index contributed by atoms with van der Waals surface area (Å²) < 4.78 is 0. The van der Waals surface area contributed by atoms with Crippen LogP contribution >= 0.6 is 0 Å². The van der Waals surface area contributed by atoms with Crippen molar-refractivity contribution in [2.45, 2.75) is 57.7 Å². The highest BCUT2D eigenvalue weighted by atomic mass is 15.2. The van der Waals surface area contributed by atoms with E-state index in [0.717, 1.165) is 38.8 Å². The Balaban J connectivity index is 2.02. The number of terminal acetylenes is 1. The third-order valence-corrected chi connectivity index (χ3v) is 4.49. The van der Waals surface area contributed by atoms with Crippen LogP contribution in [0.5, 0.6) is 0 Å². The van der Waals surface area contributed by atoms with Gasteiger partial charge in [-0.25, -0.2) is 0 Å². The Kier molecular flexibility index (Phi) is 6.29. The Labute approximate surface area is 129 Å². The third-order valence-electron chi connectivity index (χ3n) is 4.49. The van der Waals surface area contributed by atoms with Crippen LogP contribution < -0.4 is 5.32 Å². The van der Waals surface area contributed by atoms with E-state index in [1.165, 1.54) is 5.56 Å². The van der Waals surface area contributed by atoms with Crippen molar-refractivity contribution in [2.75, 3.05) is 13.1 Å². The molecular weight excluding hydrogens is 256 g/mol. The molecule has 0 aliphatic carbocycles. The van der Waals surface area contributed by atoms with Gasteiger partial charge in [0.25, 0.3) is 0 Å². The van der Waals surface area contributed by atoms with E-state index in [1.807, 2.05) is 0 Å². The summed E-state index contributed by atoms with van der Waals surface area (Å²) in [4.78, 5) is 2.56. The molecule has 1 saturated heterocycles. The summed E-state index contributed by atoms with van der Waals surface area (Å²) in [6.07, 6.45) is 10.3. The minimum atomic E-state index is 0.292. The Hall–Kier alpha value is -1.30. The van der Waals surface area contributed by atoms with Crippen LogP contribution in [0.25, 0.3) is 0 Å². The van der Waals surface area contributed by atoms with E-state index in [1.54, 1.807) is 0 Å². The van der Waals surface area contributed by atoms with E-state index in [-0.39, 0.29) is 0 Å². The number of nitrogens with one attached hydrogen (secondary N) is 1. The summed E-state index contributed by atoms with van der Waals surface area (Å²) in [6, 6.07) is 12.1. The van der Waals surface area contributed by atoms with E-state index in [4.69, 9.17) is 6.42 Å². The first kappa shape index (κ1) is 16.1. The van der Waals surface area contributed by atoms with E-state index in [9.17, 15) is 0 Å². The van der Waals surface area contributed by atoms with E-state index < -0.39 is 0 Å². The molecule has 1 aromatic carbocycles. The summed E-state index contributed by atoms with van der Waals surface area (Å²) >= 11 is 0. The van der Waals surface area contributed by atoms with Gasteiger partial charge < -0.3 is 5.32 Å². The molecule has 2 rings (SSSR count). The lowest BCUT2D eigenvalue weighted by molar-refractivity contribution is 0.0978. The molecule has 1 fully saturated rings. The van der Waals surface area contributed by atoms with Gasteiger partial charge >= 0.3 is 0 Å². The lowest BCUT2D eigenvalue weighted by Crippen LogP contribution is -2.59. The average molecular weight is 284 g/mol. The Morgan fingerprint density at radius 2 is 2.10 bits per heavy atom. The second kappa shape index (κ2) is 8.22. The number of piperazine rings is 1. The summed E-state index contributed by atoms with van der Waals surface area (Å²) in [5.41, 5.74) is 1.40. The molecule has 0 radical (unpaired) electrons. The van der Waals surface area contributed by atoms with Crippen LogP contribution in [0.15, 0.2) is 30.3 Å². The number of hydrogen-bond acceptors (Lipinski definition) is 2. The highest BCUT2D eigenvalue weighted by Crippen LogP contribution is 2.19. The smallest absolute Gasteiger partial charge is 0.0715 e. The van der Waals surface area contributed by atoms with Crippen LogP contribution in [-0.4, -0.2) is 36.1 Å². The third kappa shape index (κ3) is 4.33. The summed E-state index contributed by atoms with van der Waals surface area (Å²) in [6.45, 7) is 6.59. The molecule has 0 aromatic heterocycles. The minimum absolute atomic E-state index is 0.292. The van der Waals surface area contributed by atoms with Gasteiger partial charge in [0.2, 0.25) is 0 Å². The van der Waals surface area contributed by atoms with Crippen molar-refractivity contribution in [2.24, 2.45) is 0 Å². The highest BCUT2D eigenvalue weighted by Gasteiger charge is 2.30. The molecule has 1 aliphatic heterocycles.